The second-order valence-electron chi connectivity index (χ2n) is 8.27. The van der Waals surface area contributed by atoms with Crippen LogP contribution in [0.1, 0.15) is 11.1 Å². The van der Waals surface area contributed by atoms with E-state index >= 15 is 0 Å². The average molecular weight is 571 g/mol. The van der Waals surface area contributed by atoms with Crippen molar-refractivity contribution in [3.63, 3.8) is 0 Å². The number of rotatable bonds is 6. The Morgan fingerprint density at radius 2 is 1.90 bits per heavy atom. The van der Waals surface area contributed by atoms with Gasteiger partial charge >= 0.3 is 12.4 Å². The minimum atomic E-state index is -4.76. The van der Waals surface area contributed by atoms with Crippen molar-refractivity contribution in [2.24, 2.45) is 4.40 Å². The van der Waals surface area contributed by atoms with Gasteiger partial charge in [-0.3, -0.25) is 4.72 Å². The lowest BCUT2D eigenvalue weighted by Crippen LogP contribution is -2.22. The van der Waals surface area contributed by atoms with Crippen LogP contribution in [-0.2, 0) is 0 Å². The van der Waals surface area contributed by atoms with Gasteiger partial charge in [0.1, 0.15) is 11.3 Å². The highest BCUT2D eigenvalue weighted by Crippen LogP contribution is 2.28. The number of benzene rings is 4. The van der Waals surface area contributed by atoms with Crippen molar-refractivity contribution in [3.8, 4) is 11.4 Å². The summed E-state index contributed by atoms with van der Waals surface area (Å²) in [5.41, 5.74) is 4.03. The van der Waals surface area contributed by atoms with Crippen LogP contribution in [0.4, 0.5) is 23.7 Å². The Hall–Kier alpha value is -4.29. The number of carbonyl (C=O) groups is 1. The molecule has 0 radical (unpaired) electrons. The molecule has 1 heterocycles. The first kappa shape index (κ1) is 26.3. The predicted molar refractivity (Wildman–Crippen MR) is 147 cm³/mol. The Kier molecular flexibility index (Phi) is 7.31. The molecule has 0 fully saturated rings. The third kappa shape index (κ3) is 6.07. The van der Waals surface area contributed by atoms with E-state index in [0.29, 0.717) is 27.4 Å². The molecule has 0 bridgehead atoms. The van der Waals surface area contributed by atoms with Crippen LogP contribution in [0.15, 0.2) is 77.2 Å². The lowest BCUT2D eigenvalue weighted by Gasteiger charge is -2.09. The molecule has 13 heteroatoms. The first-order chi connectivity index (χ1) is 18.7. The molecule has 0 spiro atoms. The first-order valence-corrected chi connectivity index (χ1v) is 12.5. The third-order valence-electron chi connectivity index (χ3n) is 5.62. The van der Waals surface area contributed by atoms with Crippen LogP contribution < -0.4 is 14.8 Å². The first-order valence-electron chi connectivity index (χ1n) is 11.3. The molecule has 198 valence electrons. The fourth-order valence-electron chi connectivity index (χ4n) is 3.88. The van der Waals surface area contributed by atoms with Crippen LogP contribution in [0.2, 0.25) is 5.02 Å². The van der Waals surface area contributed by atoms with Crippen molar-refractivity contribution < 1.29 is 22.7 Å². The van der Waals surface area contributed by atoms with E-state index < -0.39 is 12.4 Å². The summed E-state index contributed by atoms with van der Waals surface area (Å²) in [6.45, 7) is 1.84. The summed E-state index contributed by atoms with van der Waals surface area (Å²) in [5.74, 6) is -0.319. The van der Waals surface area contributed by atoms with E-state index in [9.17, 15) is 18.0 Å². The highest BCUT2D eigenvalue weighted by molar-refractivity contribution is 7.96. The van der Waals surface area contributed by atoms with Crippen molar-refractivity contribution in [2.75, 3.05) is 5.32 Å². The third-order valence-corrected chi connectivity index (χ3v) is 6.43. The number of amides is 2. The fraction of sp³-hybridized carbons (Fsp3) is 0.0769. The van der Waals surface area contributed by atoms with Gasteiger partial charge < -0.3 is 10.1 Å². The van der Waals surface area contributed by atoms with E-state index in [2.05, 4.69) is 29.5 Å². The SMILES string of the molecule is Cc1cccc(Cl)c1NC(=O)NSN=Cc1ccc2c(ccc3c2nnn3-c2ccc(OC(F)(F)F)cc2)c1. The normalized spacial score (nSPS) is 11.8. The smallest absolute Gasteiger partial charge is 0.406 e. The minimum absolute atomic E-state index is 0.319. The number of nitrogens with zero attached hydrogens (tertiary/aromatic N) is 4. The summed E-state index contributed by atoms with van der Waals surface area (Å²) < 4.78 is 49.5. The molecule has 2 amide bonds. The van der Waals surface area contributed by atoms with Crippen LogP contribution in [0, 0.1) is 6.92 Å². The van der Waals surface area contributed by atoms with Crippen LogP contribution in [0.3, 0.4) is 0 Å². The maximum atomic E-state index is 12.4. The van der Waals surface area contributed by atoms with E-state index in [-0.39, 0.29) is 5.75 Å². The van der Waals surface area contributed by atoms with E-state index in [4.69, 9.17) is 11.6 Å². The minimum Gasteiger partial charge on any atom is -0.406 e. The van der Waals surface area contributed by atoms with Crippen LogP contribution in [0.5, 0.6) is 5.75 Å². The van der Waals surface area contributed by atoms with Crippen LogP contribution in [-0.4, -0.2) is 33.6 Å². The summed E-state index contributed by atoms with van der Waals surface area (Å²) in [7, 11) is 0. The molecule has 0 aliphatic carbocycles. The van der Waals surface area contributed by atoms with Gasteiger partial charge in [0, 0.05) is 11.6 Å². The van der Waals surface area contributed by atoms with Crippen molar-refractivity contribution in [1.29, 1.82) is 0 Å². The average Bonchev–Trinajstić information content (AvgIpc) is 3.33. The number of fused-ring (bicyclic) bond motifs is 3. The molecule has 4 aromatic carbocycles. The van der Waals surface area contributed by atoms with Gasteiger partial charge in [-0.05, 0) is 65.9 Å². The number of para-hydroxylation sites is 1. The summed E-state index contributed by atoms with van der Waals surface area (Å²) >= 11 is 7.00. The molecule has 0 unspecified atom stereocenters. The zero-order chi connectivity index (χ0) is 27.6. The molecule has 0 atom stereocenters. The number of hydrogen-bond acceptors (Lipinski definition) is 6. The van der Waals surface area contributed by atoms with Crippen LogP contribution >= 0.6 is 23.7 Å². The molecular formula is C26H18ClF3N6O2S. The standard InChI is InChI=1S/C26H18ClF3N6O2S/c1-15-3-2-4-21(27)23(15)32-25(37)34-39-31-14-16-5-11-20-17(13-16)6-12-22-24(20)33-35-36(22)18-7-9-19(10-8-18)38-26(28,29)30/h2-14H,1H3,(H2,32,34,37). The summed E-state index contributed by atoms with van der Waals surface area (Å²) in [6, 6.07) is 19.6. The number of carbonyl (C=O) groups excluding carboxylic acids is 1. The topological polar surface area (TPSA) is 93.4 Å². The molecular weight excluding hydrogens is 553 g/mol. The number of anilines is 1. The van der Waals surface area contributed by atoms with Gasteiger partial charge in [-0.25, -0.2) is 13.9 Å². The van der Waals surface area contributed by atoms with Gasteiger partial charge in [-0.1, -0.05) is 47.1 Å². The summed E-state index contributed by atoms with van der Waals surface area (Å²) in [4.78, 5) is 12.2. The maximum Gasteiger partial charge on any atom is 0.573 e. The Morgan fingerprint density at radius 3 is 2.64 bits per heavy atom. The molecule has 2 N–H and O–H groups in total. The highest BCUT2D eigenvalue weighted by atomic mass is 35.5. The van der Waals surface area contributed by atoms with Gasteiger partial charge in [-0.2, -0.15) is 0 Å². The molecule has 0 aliphatic rings. The maximum absolute atomic E-state index is 12.4. The predicted octanol–water partition coefficient (Wildman–Crippen LogP) is 7.24. The van der Waals surface area contributed by atoms with Crippen molar-refractivity contribution in [3.05, 3.63) is 88.9 Å². The van der Waals surface area contributed by atoms with Crippen molar-refractivity contribution in [2.45, 2.75) is 13.3 Å². The lowest BCUT2D eigenvalue weighted by atomic mass is 10.1. The van der Waals surface area contributed by atoms with Gasteiger partial charge in [-0.15, -0.1) is 18.3 Å². The fourth-order valence-corrected chi connectivity index (χ4v) is 4.51. The molecule has 5 rings (SSSR count). The summed E-state index contributed by atoms with van der Waals surface area (Å²) in [5, 5.41) is 13.3. The van der Waals surface area contributed by atoms with Gasteiger partial charge in [0.05, 0.1) is 34.0 Å². The van der Waals surface area contributed by atoms with E-state index in [0.717, 1.165) is 34.0 Å². The van der Waals surface area contributed by atoms with Gasteiger partial charge in [0.15, 0.2) is 0 Å². The number of aryl methyl sites for hydroxylation is 1. The second-order valence-corrected chi connectivity index (χ2v) is 9.28. The highest BCUT2D eigenvalue weighted by Gasteiger charge is 2.31. The van der Waals surface area contributed by atoms with E-state index in [1.54, 1.807) is 23.0 Å². The van der Waals surface area contributed by atoms with E-state index in [1.165, 1.54) is 24.3 Å². The van der Waals surface area contributed by atoms with Gasteiger partial charge in [0.2, 0.25) is 0 Å². The molecule has 0 saturated carbocycles. The zero-order valence-electron chi connectivity index (χ0n) is 20.0. The number of nitrogens with one attached hydrogen (secondary N) is 2. The Labute approximate surface area is 229 Å². The molecule has 1 aromatic heterocycles. The van der Waals surface area contributed by atoms with Crippen molar-refractivity contribution in [1.82, 2.24) is 19.7 Å². The largest absolute Gasteiger partial charge is 0.573 e. The van der Waals surface area contributed by atoms with Crippen LogP contribution in [0.25, 0.3) is 27.5 Å². The lowest BCUT2D eigenvalue weighted by molar-refractivity contribution is -0.274. The Bertz CT molecular complexity index is 1690. The molecule has 0 aliphatic heterocycles. The number of hydrogen-bond donors (Lipinski definition) is 2. The monoisotopic (exact) mass is 570 g/mol. The quantitative estimate of drug-likeness (QED) is 0.166. The molecule has 5 aromatic rings. The molecule has 0 saturated heterocycles. The number of ether oxygens (including phenoxy) is 1. The number of urea groups is 1. The zero-order valence-corrected chi connectivity index (χ0v) is 21.6. The second kappa shape index (κ2) is 10.8. The van der Waals surface area contributed by atoms with Crippen molar-refractivity contribution >= 4 is 63.5 Å². The molecule has 8 nitrogen and oxygen atoms in total. The van der Waals surface area contributed by atoms with Gasteiger partial charge in [0.25, 0.3) is 0 Å². The molecule has 39 heavy (non-hydrogen) atoms. The Balaban J connectivity index is 1.27. The summed E-state index contributed by atoms with van der Waals surface area (Å²) in [6.07, 6.45) is -3.15. The number of alkyl halides is 3. The van der Waals surface area contributed by atoms with E-state index in [1.807, 2.05) is 43.3 Å². The number of aromatic nitrogens is 3. The number of halogens is 4. The Morgan fingerprint density at radius 1 is 1.10 bits per heavy atom.